The van der Waals surface area contributed by atoms with Gasteiger partial charge >= 0.3 is 0 Å². The smallest absolute Gasteiger partial charge is 0.162 e. The second-order valence-electron chi connectivity index (χ2n) is 3.42. The molecule has 0 amide bonds. The average Bonchev–Trinajstić information content (AvgIpc) is 2.35. The highest BCUT2D eigenvalue weighted by molar-refractivity contribution is 5.73. The van der Waals surface area contributed by atoms with E-state index in [-0.39, 0.29) is 0 Å². The number of nitrogens with zero attached hydrogens (tertiary/aromatic N) is 1. The van der Waals surface area contributed by atoms with E-state index in [4.69, 9.17) is 9.47 Å². The summed E-state index contributed by atoms with van der Waals surface area (Å²) in [5, 5.41) is 0. The van der Waals surface area contributed by atoms with Crippen molar-refractivity contribution in [2.24, 2.45) is 4.99 Å². The Morgan fingerprint density at radius 3 is 2.62 bits per heavy atom. The van der Waals surface area contributed by atoms with E-state index in [1.807, 2.05) is 38.1 Å². The van der Waals surface area contributed by atoms with E-state index in [1.165, 1.54) is 0 Å². The maximum Gasteiger partial charge on any atom is 0.162 e. The van der Waals surface area contributed by atoms with Crippen molar-refractivity contribution in [3.8, 4) is 11.5 Å². The van der Waals surface area contributed by atoms with Crippen LogP contribution in [0.2, 0.25) is 0 Å². The largest absolute Gasteiger partial charge is 0.486 e. The average molecular weight is 217 g/mol. The van der Waals surface area contributed by atoms with Gasteiger partial charge in [-0.2, -0.15) is 0 Å². The zero-order valence-electron chi connectivity index (χ0n) is 9.56. The van der Waals surface area contributed by atoms with Crippen molar-refractivity contribution in [1.29, 1.82) is 0 Å². The van der Waals surface area contributed by atoms with E-state index in [0.717, 1.165) is 22.8 Å². The molecule has 3 nitrogen and oxygen atoms in total. The number of hydrogen-bond acceptors (Lipinski definition) is 3. The van der Waals surface area contributed by atoms with E-state index in [9.17, 15) is 0 Å². The summed E-state index contributed by atoms with van der Waals surface area (Å²) in [4.78, 5) is 4.30. The number of allylic oxidation sites excluding steroid dienone is 1. The highest BCUT2D eigenvalue weighted by atomic mass is 16.6. The van der Waals surface area contributed by atoms with Gasteiger partial charge in [-0.1, -0.05) is 6.08 Å². The Kier molecular flexibility index (Phi) is 3.25. The Labute approximate surface area is 95.4 Å². The summed E-state index contributed by atoms with van der Waals surface area (Å²) in [5.41, 5.74) is 1.99. The Balaban J connectivity index is 2.36. The first kappa shape index (κ1) is 10.7. The van der Waals surface area contributed by atoms with Crippen LogP contribution in [0, 0.1) is 0 Å². The molecular formula is C13H15NO2. The van der Waals surface area contributed by atoms with Gasteiger partial charge < -0.3 is 9.47 Å². The van der Waals surface area contributed by atoms with Crippen LogP contribution >= 0.6 is 0 Å². The summed E-state index contributed by atoms with van der Waals surface area (Å²) in [5.74, 6) is 1.61. The molecule has 1 aliphatic heterocycles. The highest BCUT2D eigenvalue weighted by Gasteiger charge is 2.12. The van der Waals surface area contributed by atoms with Gasteiger partial charge in [0.15, 0.2) is 11.5 Å². The molecule has 3 heteroatoms. The Hall–Kier alpha value is -1.77. The summed E-state index contributed by atoms with van der Waals surface area (Å²) in [7, 11) is 0. The third kappa shape index (κ3) is 2.08. The first-order chi connectivity index (χ1) is 7.85. The summed E-state index contributed by atoms with van der Waals surface area (Å²) in [6.07, 6.45) is 3.76. The lowest BCUT2D eigenvalue weighted by atomic mass is 10.1. The summed E-state index contributed by atoms with van der Waals surface area (Å²) in [6.45, 7) is 5.11. The van der Waals surface area contributed by atoms with Crippen LogP contribution < -0.4 is 9.47 Å². The zero-order chi connectivity index (χ0) is 11.4. The second-order valence-corrected chi connectivity index (χ2v) is 3.42. The molecule has 0 N–H and O–H groups in total. The predicted octanol–water partition coefficient (Wildman–Crippen LogP) is 2.91. The topological polar surface area (TPSA) is 30.8 Å². The molecule has 1 heterocycles. The van der Waals surface area contributed by atoms with E-state index in [1.54, 1.807) is 6.21 Å². The monoisotopic (exact) mass is 217 g/mol. The molecular weight excluding hydrogens is 202 g/mol. The fourth-order valence-electron chi connectivity index (χ4n) is 1.66. The standard InChI is InChI=1S/C13H15NO2/c1-3-11(14-4-2)10-5-6-12-13(9-10)16-8-7-15-12/h3-6,9H,7-8H2,1-2H3. The summed E-state index contributed by atoms with van der Waals surface area (Å²) < 4.78 is 11.0. The Morgan fingerprint density at radius 1 is 1.19 bits per heavy atom. The fourth-order valence-corrected chi connectivity index (χ4v) is 1.66. The van der Waals surface area contributed by atoms with Crippen LogP contribution in [0.15, 0.2) is 29.3 Å². The third-order valence-electron chi connectivity index (χ3n) is 2.38. The summed E-state index contributed by atoms with van der Waals surface area (Å²) in [6, 6.07) is 5.89. The maximum absolute atomic E-state index is 5.53. The van der Waals surface area contributed by atoms with Crippen LogP contribution in [0.3, 0.4) is 0 Å². The molecule has 1 aromatic carbocycles. The molecule has 0 bridgehead atoms. The lowest BCUT2D eigenvalue weighted by Crippen LogP contribution is -2.15. The van der Waals surface area contributed by atoms with Crippen LogP contribution in [0.25, 0.3) is 5.70 Å². The summed E-state index contributed by atoms with van der Waals surface area (Å²) >= 11 is 0. The van der Waals surface area contributed by atoms with E-state index >= 15 is 0 Å². The number of benzene rings is 1. The molecule has 0 fully saturated rings. The van der Waals surface area contributed by atoms with Crippen molar-refractivity contribution < 1.29 is 9.47 Å². The van der Waals surface area contributed by atoms with Crippen LogP contribution in [0.1, 0.15) is 19.4 Å². The first-order valence-corrected chi connectivity index (χ1v) is 5.40. The number of ether oxygens (including phenoxy) is 2. The molecule has 0 saturated carbocycles. The van der Waals surface area contributed by atoms with Crippen LogP contribution in [-0.2, 0) is 0 Å². The lowest BCUT2D eigenvalue weighted by Gasteiger charge is -2.18. The van der Waals surface area contributed by atoms with E-state index in [0.29, 0.717) is 13.2 Å². The molecule has 0 radical (unpaired) electrons. The van der Waals surface area contributed by atoms with Crippen molar-refractivity contribution in [2.45, 2.75) is 13.8 Å². The molecule has 0 spiro atoms. The third-order valence-corrected chi connectivity index (χ3v) is 2.38. The van der Waals surface area contributed by atoms with Gasteiger partial charge in [0.2, 0.25) is 0 Å². The van der Waals surface area contributed by atoms with E-state index < -0.39 is 0 Å². The van der Waals surface area contributed by atoms with Gasteiger partial charge in [0.25, 0.3) is 0 Å². The lowest BCUT2D eigenvalue weighted by molar-refractivity contribution is 0.171. The molecule has 0 saturated heterocycles. The maximum atomic E-state index is 5.53. The van der Waals surface area contributed by atoms with Crippen molar-refractivity contribution in [3.63, 3.8) is 0 Å². The Bertz CT molecular complexity index is 436. The van der Waals surface area contributed by atoms with Gasteiger partial charge in [0.1, 0.15) is 13.2 Å². The second kappa shape index (κ2) is 4.84. The number of aliphatic imine (C=N–C) groups is 1. The Morgan fingerprint density at radius 2 is 1.94 bits per heavy atom. The molecule has 0 aliphatic carbocycles. The van der Waals surface area contributed by atoms with Crippen molar-refractivity contribution in [3.05, 3.63) is 29.8 Å². The number of fused-ring (bicyclic) bond motifs is 1. The van der Waals surface area contributed by atoms with Crippen LogP contribution in [0.5, 0.6) is 11.5 Å². The molecule has 1 aromatic rings. The van der Waals surface area contributed by atoms with Gasteiger partial charge in [-0.3, -0.25) is 4.99 Å². The number of hydrogen-bond donors (Lipinski definition) is 0. The molecule has 0 atom stereocenters. The molecule has 84 valence electrons. The minimum absolute atomic E-state index is 0.610. The fraction of sp³-hybridized carbons (Fsp3) is 0.308. The van der Waals surface area contributed by atoms with Crippen molar-refractivity contribution in [1.82, 2.24) is 0 Å². The van der Waals surface area contributed by atoms with Gasteiger partial charge in [-0.05, 0) is 32.0 Å². The van der Waals surface area contributed by atoms with Gasteiger partial charge in [0.05, 0.1) is 5.70 Å². The normalized spacial score (nSPS) is 15.5. The van der Waals surface area contributed by atoms with Gasteiger partial charge in [-0.25, -0.2) is 0 Å². The van der Waals surface area contributed by atoms with Crippen molar-refractivity contribution in [2.75, 3.05) is 13.2 Å². The predicted molar refractivity (Wildman–Crippen MR) is 65.2 cm³/mol. The number of rotatable bonds is 2. The molecule has 2 rings (SSSR count). The van der Waals surface area contributed by atoms with E-state index in [2.05, 4.69) is 4.99 Å². The quantitative estimate of drug-likeness (QED) is 0.713. The van der Waals surface area contributed by atoms with Gasteiger partial charge in [-0.15, -0.1) is 0 Å². The van der Waals surface area contributed by atoms with Crippen molar-refractivity contribution >= 4 is 11.9 Å². The SMILES string of the molecule is CC=NC(=CC)c1ccc2c(c1)OCCO2. The first-order valence-electron chi connectivity index (χ1n) is 5.40. The minimum Gasteiger partial charge on any atom is -0.486 e. The highest BCUT2D eigenvalue weighted by Crippen LogP contribution is 2.33. The molecule has 0 aromatic heterocycles. The minimum atomic E-state index is 0.610. The van der Waals surface area contributed by atoms with Crippen LogP contribution in [0.4, 0.5) is 0 Å². The molecule has 1 aliphatic rings. The zero-order valence-corrected chi connectivity index (χ0v) is 9.56. The molecule has 16 heavy (non-hydrogen) atoms. The van der Waals surface area contributed by atoms with Crippen LogP contribution in [-0.4, -0.2) is 19.4 Å². The van der Waals surface area contributed by atoms with Gasteiger partial charge in [0, 0.05) is 11.8 Å². The molecule has 0 unspecified atom stereocenters.